The number of anilines is 1. The lowest BCUT2D eigenvalue weighted by molar-refractivity contribution is -0.274. The molecule has 1 aromatic carbocycles. The van der Waals surface area contributed by atoms with E-state index >= 15 is 0 Å². The van der Waals surface area contributed by atoms with Crippen molar-refractivity contribution >= 4 is 34.9 Å². The number of hydrogen-bond donors (Lipinski definition) is 1. The van der Waals surface area contributed by atoms with Gasteiger partial charge in [0, 0.05) is 31.1 Å². The summed E-state index contributed by atoms with van der Waals surface area (Å²) < 4.78 is 40.9. The van der Waals surface area contributed by atoms with Crippen molar-refractivity contribution in [2.75, 3.05) is 11.4 Å². The van der Waals surface area contributed by atoms with Crippen molar-refractivity contribution in [3.05, 3.63) is 64.8 Å². The fourth-order valence-corrected chi connectivity index (χ4v) is 5.13. The van der Waals surface area contributed by atoms with Gasteiger partial charge in [-0.15, -0.1) is 24.5 Å². The number of pyridine rings is 1. The van der Waals surface area contributed by atoms with Gasteiger partial charge in [0.05, 0.1) is 5.69 Å². The number of carboxylic acid groups (broad SMARTS) is 1. The predicted octanol–water partition coefficient (Wildman–Crippen LogP) is 5.95. The van der Waals surface area contributed by atoms with Crippen LogP contribution in [-0.2, 0) is 17.8 Å². The van der Waals surface area contributed by atoms with E-state index in [2.05, 4.69) is 14.7 Å². The lowest BCUT2D eigenvalue weighted by Crippen LogP contribution is -2.27. The molecule has 2 heterocycles. The number of aryl methyl sites for hydroxylation is 1. The maximum absolute atomic E-state index is 12.4. The van der Waals surface area contributed by atoms with Crippen LogP contribution in [-0.4, -0.2) is 38.7 Å². The minimum Gasteiger partial charge on any atom is -0.480 e. The van der Waals surface area contributed by atoms with E-state index in [0.29, 0.717) is 23.8 Å². The van der Waals surface area contributed by atoms with Crippen LogP contribution in [0.5, 0.6) is 5.75 Å². The lowest BCUT2D eigenvalue weighted by atomic mass is 10.2. The van der Waals surface area contributed by atoms with E-state index in [-0.39, 0.29) is 5.75 Å². The largest absolute Gasteiger partial charge is 0.573 e. The molecule has 2 aromatic heterocycles. The zero-order chi connectivity index (χ0) is 24.9. The van der Waals surface area contributed by atoms with Crippen LogP contribution in [0, 0.1) is 6.92 Å². The first kappa shape index (κ1) is 25.8. The van der Waals surface area contributed by atoms with Crippen LogP contribution >= 0.6 is 23.1 Å². The topological polar surface area (TPSA) is 75.6 Å². The quantitative estimate of drug-likeness (QED) is 0.337. The molecule has 0 aliphatic carbocycles. The molecule has 3 aromatic rings. The Morgan fingerprint density at radius 2 is 1.88 bits per heavy atom. The molecule has 0 unspecified atom stereocenters. The Balaban J connectivity index is 1.71. The van der Waals surface area contributed by atoms with Crippen LogP contribution in [0.4, 0.5) is 19.0 Å². The second-order valence-electron chi connectivity index (χ2n) is 8.08. The highest BCUT2D eigenvalue weighted by Crippen LogP contribution is 2.34. The molecule has 0 saturated heterocycles. The molecule has 3 rings (SSSR count). The number of hydrogen-bond acceptors (Lipinski definition) is 7. The van der Waals surface area contributed by atoms with Crippen molar-refractivity contribution in [3.63, 3.8) is 0 Å². The highest BCUT2D eigenvalue weighted by molar-refractivity contribution is 8.02. The van der Waals surface area contributed by atoms with Gasteiger partial charge < -0.3 is 14.7 Å². The summed E-state index contributed by atoms with van der Waals surface area (Å²) in [6.45, 7) is 6.20. The Bertz CT molecular complexity index is 1100. The number of thioether (sulfide) groups is 1. The van der Waals surface area contributed by atoms with Crippen molar-refractivity contribution in [2.24, 2.45) is 0 Å². The maximum atomic E-state index is 12.4. The molecule has 34 heavy (non-hydrogen) atoms. The molecule has 182 valence electrons. The SMILES string of the molecule is Cc1ccc(N(CCc2csc(SC(C)(C)C(=O)O)n2)Cc2ccc(OC(F)(F)F)cc2)nc1. The molecule has 0 aliphatic heterocycles. The average molecular weight is 512 g/mol. The number of carbonyl (C=O) groups is 1. The molecule has 6 nitrogen and oxygen atoms in total. The minimum absolute atomic E-state index is 0.270. The fourth-order valence-electron chi connectivity index (χ4n) is 2.90. The van der Waals surface area contributed by atoms with Crippen molar-refractivity contribution in [2.45, 2.75) is 49.2 Å². The van der Waals surface area contributed by atoms with Gasteiger partial charge >= 0.3 is 12.3 Å². The number of alkyl halides is 3. The molecule has 0 aliphatic rings. The molecule has 0 amide bonds. The summed E-state index contributed by atoms with van der Waals surface area (Å²) in [4.78, 5) is 22.4. The van der Waals surface area contributed by atoms with Gasteiger partial charge in [-0.05, 0) is 50.1 Å². The van der Waals surface area contributed by atoms with E-state index in [1.165, 1.54) is 35.2 Å². The number of aromatic nitrogens is 2. The van der Waals surface area contributed by atoms with E-state index in [0.717, 1.165) is 22.6 Å². The first-order chi connectivity index (χ1) is 15.9. The Labute approximate surface area is 203 Å². The molecule has 0 atom stereocenters. The summed E-state index contributed by atoms with van der Waals surface area (Å²) in [5.41, 5.74) is 2.65. The van der Waals surface area contributed by atoms with Crippen molar-refractivity contribution < 1.29 is 27.8 Å². The van der Waals surface area contributed by atoms with Crippen LogP contribution in [0.25, 0.3) is 0 Å². The van der Waals surface area contributed by atoms with Gasteiger partial charge in [0.15, 0.2) is 4.34 Å². The Hall–Kier alpha value is -2.79. The monoisotopic (exact) mass is 511 g/mol. The molecule has 0 radical (unpaired) electrons. The highest BCUT2D eigenvalue weighted by Gasteiger charge is 2.31. The standard InChI is InChI=1S/C23H24F3N3O3S2/c1-15-4-9-19(27-12-15)29(13-16-5-7-18(8-6-16)32-23(24,25)26)11-10-17-14-33-21(28-17)34-22(2,3)20(30)31/h4-9,12,14H,10-11,13H2,1-3H3,(H,30,31). The Morgan fingerprint density at radius 1 is 1.18 bits per heavy atom. The summed E-state index contributed by atoms with van der Waals surface area (Å²) in [6.07, 6.45) is -2.38. The van der Waals surface area contributed by atoms with E-state index in [1.807, 2.05) is 29.3 Å². The molecule has 0 fully saturated rings. The molecule has 11 heteroatoms. The van der Waals surface area contributed by atoms with Gasteiger partial charge in [-0.2, -0.15) is 0 Å². The third-order valence-corrected chi connectivity index (χ3v) is 6.95. The van der Waals surface area contributed by atoms with Crippen LogP contribution in [0.2, 0.25) is 0 Å². The first-order valence-corrected chi connectivity index (χ1v) is 12.0. The number of aliphatic carboxylic acids is 1. The second kappa shape index (κ2) is 10.6. The number of carboxylic acids is 1. The van der Waals surface area contributed by atoms with E-state index < -0.39 is 17.1 Å². The Morgan fingerprint density at radius 3 is 2.47 bits per heavy atom. The second-order valence-corrected chi connectivity index (χ2v) is 10.8. The van der Waals surface area contributed by atoms with E-state index in [9.17, 15) is 23.1 Å². The number of nitrogens with zero attached hydrogens (tertiary/aromatic N) is 3. The highest BCUT2D eigenvalue weighted by atomic mass is 32.2. The van der Waals surface area contributed by atoms with Gasteiger partial charge in [0.2, 0.25) is 0 Å². The molecule has 0 saturated carbocycles. The average Bonchev–Trinajstić information content (AvgIpc) is 3.18. The third kappa shape index (κ3) is 7.63. The van der Waals surface area contributed by atoms with Gasteiger partial charge in [-0.25, -0.2) is 9.97 Å². The first-order valence-electron chi connectivity index (χ1n) is 10.3. The minimum atomic E-state index is -4.73. The van der Waals surface area contributed by atoms with Gasteiger partial charge in [0.25, 0.3) is 0 Å². The maximum Gasteiger partial charge on any atom is 0.573 e. The summed E-state index contributed by atoms with van der Waals surface area (Å²) >= 11 is 2.61. The van der Waals surface area contributed by atoms with Crippen LogP contribution < -0.4 is 9.64 Å². The van der Waals surface area contributed by atoms with Crippen molar-refractivity contribution in [3.8, 4) is 5.75 Å². The van der Waals surface area contributed by atoms with Crippen molar-refractivity contribution in [1.82, 2.24) is 9.97 Å². The zero-order valence-electron chi connectivity index (χ0n) is 18.8. The van der Waals surface area contributed by atoms with Crippen LogP contribution in [0.15, 0.2) is 52.3 Å². The summed E-state index contributed by atoms with van der Waals surface area (Å²) in [7, 11) is 0. The van der Waals surface area contributed by atoms with Crippen LogP contribution in [0.1, 0.15) is 30.7 Å². The fraction of sp³-hybridized carbons (Fsp3) is 0.348. The predicted molar refractivity (Wildman–Crippen MR) is 127 cm³/mol. The van der Waals surface area contributed by atoms with E-state index in [4.69, 9.17) is 0 Å². The van der Waals surface area contributed by atoms with Gasteiger partial charge in [-0.1, -0.05) is 30.0 Å². The summed E-state index contributed by atoms with van der Waals surface area (Å²) in [6, 6.07) is 9.60. The number of thiazole rings is 1. The van der Waals surface area contributed by atoms with Crippen molar-refractivity contribution in [1.29, 1.82) is 0 Å². The molecular formula is C23H24F3N3O3S2. The third-order valence-electron chi connectivity index (χ3n) is 4.78. The summed E-state index contributed by atoms with van der Waals surface area (Å²) in [5.74, 6) is -0.441. The molecule has 0 spiro atoms. The number of halogens is 3. The van der Waals surface area contributed by atoms with Gasteiger partial charge in [-0.3, -0.25) is 4.79 Å². The Kier molecular flexibility index (Phi) is 8.09. The van der Waals surface area contributed by atoms with Gasteiger partial charge in [0.1, 0.15) is 16.3 Å². The van der Waals surface area contributed by atoms with E-state index in [1.54, 1.807) is 32.2 Å². The number of benzene rings is 1. The van der Waals surface area contributed by atoms with Crippen LogP contribution in [0.3, 0.4) is 0 Å². The summed E-state index contributed by atoms with van der Waals surface area (Å²) in [5, 5.41) is 11.2. The molecule has 1 N–H and O–H groups in total. The molecule has 0 bridgehead atoms. The molecular weight excluding hydrogens is 487 g/mol. The number of rotatable bonds is 10. The smallest absolute Gasteiger partial charge is 0.480 e. The lowest BCUT2D eigenvalue weighted by Gasteiger charge is -2.24. The number of ether oxygens (including phenoxy) is 1. The zero-order valence-corrected chi connectivity index (χ0v) is 20.4. The normalized spacial score (nSPS) is 11.9.